The van der Waals surface area contributed by atoms with Gasteiger partial charge in [0.05, 0.1) is 5.56 Å². The fraction of sp³-hybridized carbons (Fsp3) is 0.235. The largest absolute Gasteiger partial charge is 0.384 e. The number of anilines is 2. The van der Waals surface area contributed by atoms with Gasteiger partial charge in [0.25, 0.3) is 5.91 Å². The summed E-state index contributed by atoms with van der Waals surface area (Å²) in [6.07, 6.45) is 1.01. The van der Waals surface area contributed by atoms with E-state index in [2.05, 4.69) is 17.6 Å². The van der Waals surface area contributed by atoms with E-state index in [9.17, 15) is 4.79 Å². The quantitative estimate of drug-likeness (QED) is 0.839. The molecule has 2 rings (SSSR count). The predicted molar refractivity (Wildman–Crippen MR) is 89.4 cm³/mol. The van der Waals surface area contributed by atoms with Crippen molar-refractivity contribution in [3.63, 3.8) is 0 Å². The van der Waals surface area contributed by atoms with Crippen molar-refractivity contribution >= 4 is 28.9 Å². The lowest BCUT2D eigenvalue weighted by atomic mass is 10.1. The third-order valence-corrected chi connectivity index (χ3v) is 3.34. The van der Waals surface area contributed by atoms with E-state index in [1.54, 1.807) is 24.3 Å². The van der Waals surface area contributed by atoms with Crippen molar-refractivity contribution in [1.82, 2.24) is 0 Å². The number of carbonyl (C=O) groups is 1. The maximum atomic E-state index is 12.4. The Balaban J connectivity index is 2.19. The molecule has 2 aromatic carbocycles. The predicted octanol–water partition coefficient (Wildman–Crippen LogP) is 4.72. The highest BCUT2D eigenvalue weighted by Crippen LogP contribution is 2.20. The maximum absolute atomic E-state index is 12.4. The minimum Gasteiger partial charge on any atom is -0.384 e. The summed E-state index contributed by atoms with van der Waals surface area (Å²) < 4.78 is 0. The van der Waals surface area contributed by atoms with Gasteiger partial charge in [0.1, 0.15) is 0 Å². The summed E-state index contributed by atoms with van der Waals surface area (Å²) in [5.41, 5.74) is 3.36. The molecule has 0 heterocycles. The van der Waals surface area contributed by atoms with Gasteiger partial charge < -0.3 is 10.6 Å². The standard InChI is InChI=1S/C17H19ClN2O/c1-3-10-19-16-11-12(2)4-9-15(16)17(21)20-14-7-5-13(18)6-8-14/h4-9,11,19H,3,10H2,1-2H3,(H,20,21). The molecule has 0 spiro atoms. The van der Waals surface area contributed by atoms with Crippen LogP contribution in [-0.2, 0) is 0 Å². The van der Waals surface area contributed by atoms with Crippen molar-refractivity contribution in [3.8, 4) is 0 Å². The van der Waals surface area contributed by atoms with Gasteiger partial charge in [-0.1, -0.05) is 24.6 Å². The van der Waals surface area contributed by atoms with Gasteiger partial charge in [0.15, 0.2) is 0 Å². The Hall–Kier alpha value is -2.00. The molecule has 4 heteroatoms. The van der Waals surface area contributed by atoms with Crippen LogP contribution in [0, 0.1) is 6.92 Å². The van der Waals surface area contributed by atoms with E-state index in [0.29, 0.717) is 10.6 Å². The molecule has 0 bridgehead atoms. The average molecular weight is 303 g/mol. The number of nitrogens with one attached hydrogen (secondary N) is 2. The van der Waals surface area contributed by atoms with Crippen molar-refractivity contribution in [2.45, 2.75) is 20.3 Å². The van der Waals surface area contributed by atoms with Crippen molar-refractivity contribution in [3.05, 3.63) is 58.6 Å². The lowest BCUT2D eigenvalue weighted by Gasteiger charge is -2.13. The molecule has 21 heavy (non-hydrogen) atoms. The Morgan fingerprint density at radius 2 is 1.86 bits per heavy atom. The molecule has 2 N–H and O–H groups in total. The van der Waals surface area contributed by atoms with E-state index in [-0.39, 0.29) is 5.91 Å². The molecular formula is C17H19ClN2O. The van der Waals surface area contributed by atoms with Crippen LogP contribution in [0.5, 0.6) is 0 Å². The first-order valence-corrected chi connectivity index (χ1v) is 7.39. The number of aryl methyl sites for hydroxylation is 1. The molecule has 3 nitrogen and oxygen atoms in total. The first-order valence-electron chi connectivity index (χ1n) is 7.01. The third kappa shape index (κ3) is 4.23. The molecule has 0 aromatic heterocycles. The van der Waals surface area contributed by atoms with Crippen LogP contribution in [0.15, 0.2) is 42.5 Å². The highest BCUT2D eigenvalue weighted by molar-refractivity contribution is 6.30. The monoisotopic (exact) mass is 302 g/mol. The van der Waals surface area contributed by atoms with Gasteiger partial charge in [-0.05, 0) is 55.3 Å². The summed E-state index contributed by atoms with van der Waals surface area (Å²) in [5, 5.41) is 6.83. The van der Waals surface area contributed by atoms with E-state index in [1.807, 2.05) is 25.1 Å². The first-order chi connectivity index (χ1) is 10.1. The van der Waals surface area contributed by atoms with Crippen LogP contribution in [0.1, 0.15) is 29.3 Å². The van der Waals surface area contributed by atoms with Gasteiger partial charge in [-0.15, -0.1) is 0 Å². The van der Waals surface area contributed by atoms with Crippen LogP contribution in [0.25, 0.3) is 0 Å². The van der Waals surface area contributed by atoms with Gasteiger partial charge in [-0.2, -0.15) is 0 Å². The Morgan fingerprint density at radius 1 is 1.14 bits per heavy atom. The van der Waals surface area contributed by atoms with Crippen LogP contribution in [-0.4, -0.2) is 12.5 Å². The lowest BCUT2D eigenvalue weighted by Crippen LogP contribution is -2.15. The number of halogens is 1. The molecule has 2 aromatic rings. The highest BCUT2D eigenvalue weighted by Gasteiger charge is 2.11. The number of carbonyl (C=O) groups excluding carboxylic acids is 1. The molecule has 0 atom stereocenters. The van der Waals surface area contributed by atoms with Gasteiger partial charge in [-0.3, -0.25) is 4.79 Å². The number of amides is 1. The summed E-state index contributed by atoms with van der Waals surface area (Å²) in [5.74, 6) is -0.129. The summed E-state index contributed by atoms with van der Waals surface area (Å²) >= 11 is 5.84. The van der Waals surface area contributed by atoms with E-state index in [1.165, 1.54) is 0 Å². The minimum atomic E-state index is -0.129. The fourth-order valence-electron chi connectivity index (χ4n) is 1.99. The second-order valence-electron chi connectivity index (χ2n) is 4.94. The summed E-state index contributed by atoms with van der Waals surface area (Å²) in [6.45, 7) is 4.94. The molecule has 1 amide bonds. The zero-order chi connectivity index (χ0) is 15.2. The van der Waals surface area contributed by atoms with Crippen LogP contribution in [0.2, 0.25) is 5.02 Å². The molecule has 0 aliphatic rings. The topological polar surface area (TPSA) is 41.1 Å². The van der Waals surface area contributed by atoms with Crippen molar-refractivity contribution in [1.29, 1.82) is 0 Å². The molecule has 0 unspecified atom stereocenters. The van der Waals surface area contributed by atoms with Crippen LogP contribution >= 0.6 is 11.6 Å². The Labute approximate surface area is 130 Å². The molecule has 0 saturated heterocycles. The minimum absolute atomic E-state index is 0.129. The molecular weight excluding hydrogens is 284 g/mol. The first kappa shape index (κ1) is 15.4. The fourth-order valence-corrected chi connectivity index (χ4v) is 2.12. The van der Waals surface area contributed by atoms with Crippen molar-refractivity contribution < 1.29 is 4.79 Å². The van der Waals surface area contributed by atoms with E-state index < -0.39 is 0 Å². The zero-order valence-corrected chi connectivity index (χ0v) is 13.0. The number of benzene rings is 2. The number of hydrogen-bond acceptors (Lipinski definition) is 2. The van der Waals surface area contributed by atoms with Crippen molar-refractivity contribution in [2.75, 3.05) is 17.2 Å². The molecule has 0 fully saturated rings. The third-order valence-electron chi connectivity index (χ3n) is 3.09. The summed E-state index contributed by atoms with van der Waals surface area (Å²) in [6, 6.07) is 12.9. The van der Waals surface area contributed by atoms with Crippen LogP contribution in [0.4, 0.5) is 11.4 Å². The average Bonchev–Trinajstić information content (AvgIpc) is 2.47. The molecule has 0 aliphatic carbocycles. The Morgan fingerprint density at radius 3 is 2.52 bits per heavy atom. The highest BCUT2D eigenvalue weighted by atomic mass is 35.5. The second-order valence-corrected chi connectivity index (χ2v) is 5.37. The zero-order valence-electron chi connectivity index (χ0n) is 12.2. The van der Waals surface area contributed by atoms with Crippen LogP contribution in [0.3, 0.4) is 0 Å². The van der Waals surface area contributed by atoms with Crippen molar-refractivity contribution in [2.24, 2.45) is 0 Å². The number of hydrogen-bond donors (Lipinski definition) is 2. The van der Waals surface area contributed by atoms with E-state index in [0.717, 1.165) is 29.9 Å². The molecule has 0 radical (unpaired) electrons. The smallest absolute Gasteiger partial charge is 0.257 e. The SMILES string of the molecule is CCCNc1cc(C)ccc1C(=O)Nc1ccc(Cl)cc1. The van der Waals surface area contributed by atoms with Crippen LogP contribution < -0.4 is 10.6 Å². The number of rotatable bonds is 5. The normalized spacial score (nSPS) is 10.2. The Bertz CT molecular complexity index is 623. The summed E-state index contributed by atoms with van der Waals surface area (Å²) in [7, 11) is 0. The van der Waals surface area contributed by atoms with Gasteiger partial charge in [0, 0.05) is 22.9 Å². The maximum Gasteiger partial charge on any atom is 0.257 e. The molecule has 110 valence electrons. The molecule has 0 saturated carbocycles. The van der Waals surface area contributed by atoms with Gasteiger partial charge >= 0.3 is 0 Å². The van der Waals surface area contributed by atoms with Gasteiger partial charge in [-0.25, -0.2) is 0 Å². The second kappa shape index (κ2) is 7.14. The van der Waals surface area contributed by atoms with E-state index in [4.69, 9.17) is 11.6 Å². The molecule has 0 aliphatic heterocycles. The lowest BCUT2D eigenvalue weighted by molar-refractivity contribution is 0.102. The Kier molecular flexibility index (Phi) is 5.23. The summed E-state index contributed by atoms with van der Waals surface area (Å²) in [4.78, 5) is 12.4. The van der Waals surface area contributed by atoms with E-state index >= 15 is 0 Å². The van der Waals surface area contributed by atoms with Gasteiger partial charge in [0.2, 0.25) is 0 Å².